The first kappa shape index (κ1) is 16.8. The second-order valence-corrected chi connectivity index (χ2v) is 7.99. The topological polar surface area (TPSA) is 26.0 Å². The summed E-state index contributed by atoms with van der Waals surface area (Å²) in [5.74, 6) is 1.51. The Balaban J connectivity index is 2.12. The molecule has 1 saturated carbocycles. The molecule has 118 valence electrons. The molecule has 0 amide bonds. The van der Waals surface area contributed by atoms with Crippen molar-refractivity contribution in [2.45, 2.75) is 46.5 Å². The van der Waals surface area contributed by atoms with Crippen molar-refractivity contribution in [3.63, 3.8) is 0 Å². The Morgan fingerprint density at radius 3 is 2.52 bits per heavy atom. The summed E-state index contributed by atoms with van der Waals surface area (Å²) in [4.78, 5) is 0. The molecular weight excluding hydrogens is 285 g/mol. The van der Waals surface area contributed by atoms with Gasteiger partial charge in [-0.2, -0.15) is 0 Å². The first-order valence-corrected chi connectivity index (χ1v) is 8.33. The molecule has 0 aliphatic heterocycles. The lowest BCUT2D eigenvalue weighted by Gasteiger charge is -2.41. The van der Waals surface area contributed by atoms with Gasteiger partial charge < -0.3 is 5.73 Å². The summed E-state index contributed by atoms with van der Waals surface area (Å²) in [7, 11) is 0. The van der Waals surface area contributed by atoms with Crippen molar-refractivity contribution in [1.82, 2.24) is 0 Å². The van der Waals surface area contributed by atoms with Crippen LogP contribution >= 0.6 is 11.6 Å². The minimum absolute atomic E-state index is 0.199. The van der Waals surface area contributed by atoms with Gasteiger partial charge in [-0.3, -0.25) is 0 Å². The summed E-state index contributed by atoms with van der Waals surface area (Å²) in [5.41, 5.74) is 7.33. The molecule has 0 spiro atoms. The number of benzene rings is 1. The zero-order valence-corrected chi connectivity index (χ0v) is 14.1. The van der Waals surface area contributed by atoms with Crippen LogP contribution in [0.25, 0.3) is 0 Å². The smallest absolute Gasteiger partial charge is 0.142 e. The highest BCUT2D eigenvalue weighted by Crippen LogP contribution is 2.43. The van der Waals surface area contributed by atoms with Gasteiger partial charge in [0.15, 0.2) is 0 Å². The van der Waals surface area contributed by atoms with Gasteiger partial charge in [0.25, 0.3) is 0 Å². The van der Waals surface area contributed by atoms with E-state index in [1.165, 1.54) is 19.3 Å². The van der Waals surface area contributed by atoms with Crippen molar-refractivity contribution < 1.29 is 4.39 Å². The van der Waals surface area contributed by atoms with Gasteiger partial charge in [0, 0.05) is 0 Å². The van der Waals surface area contributed by atoms with E-state index in [1.54, 1.807) is 12.1 Å². The van der Waals surface area contributed by atoms with E-state index >= 15 is 0 Å². The Kier molecular flexibility index (Phi) is 5.32. The van der Waals surface area contributed by atoms with Crippen LogP contribution in [0.4, 0.5) is 4.39 Å². The zero-order valence-electron chi connectivity index (χ0n) is 13.3. The maximum absolute atomic E-state index is 13.6. The van der Waals surface area contributed by atoms with Crippen LogP contribution in [0.5, 0.6) is 0 Å². The molecule has 3 atom stereocenters. The molecule has 1 aromatic rings. The Bertz CT molecular complexity index is 481. The van der Waals surface area contributed by atoms with Gasteiger partial charge in [0.2, 0.25) is 0 Å². The number of nitrogens with two attached hydrogens (primary N) is 1. The molecule has 3 heteroatoms. The van der Waals surface area contributed by atoms with Gasteiger partial charge in [-0.1, -0.05) is 38.4 Å². The summed E-state index contributed by atoms with van der Waals surface area (Å²) in [5, 5.41) is 0.199. The van der Waals surface area contributed by atoms with Gasteiger partial charge >= 0.3 is 0 Å². The van der Waals surface area contributed by atoms with Crippen molar-refractivity contribution in [3.05, 3.63) is 34.6 Å². The Labute approximate surface area is 133 Å². The van der Waals surface area contributed by atoms with E-state index < -0.39 is 0 Å². The molecule has 21 heavy (non-hydrogen) atoms. The van der Waals surface area contributed by atoms with Crippen LogP contribution in [0.1, 0.15) is 45.6 Å². The molecule has 1 aliphatic carbocycles. The highest BCUT2D eigenvalue weighted by molar-refractivity contribution is 6.30. The van der Waals surface area contributed by atoms with Crippen molar-refractivity contribution in [3.8, 4) is 0 Å². The van der Waals surface area contributed by atoms with Crippen LogP contribution in [0.3, 0.4) is 0 Å². The van der Waals surface area contributed by atoms with E-state index in [0.717, 1.165) is 24.4 Å². The van der Waals surface area contributed by atoms with E-state index in [4.69, 9.17) is 17.3 Å². The van der Waals surface area contributed by atoms with Crippen LogP contribution in [-0.2, 0) is 6.42 Å². The predicted octanol–water partition coefficient (Wildman–Crippen LogP) is 5.06. The lowest BCUT2D eigenvalue weighted by Crippen LogP contribution is -2.36. The Hall–Kier alpha value is -0.600. The largest absolute Gasteiger partial charge is 0.330 e. The van der Waals surface area contributed by atoms with Crippen LogP contribution in [0.15, 0.2) is 18.2 Å². The lowest BCUT2D eigenvalue weighted by atomic mass is 9.64. The summed E-state index contributed by atoms with van der Waals surface area (Å²) < 4.78 is 13.6. The SMILES string of the molecule is CC(C)(C)C1CCC(CN)C(Cc2ccc(Cl)c(F)c2)C1. The number of hydrogen-bond acceptors (Lipinski definition) is 1. The summed E-state index contributed by atoms with van der Waals surface area (Å²) in [6.07, 6.45) is 4.55. The Morgan fingerprint density at radius 1 is 1.24 bits per heavy atom. The first-order chi connectivity index (χ1) is 9.81. The molecule has 2 rings (SSSR count). The second kappa shape index (κ2) is 6.66. The molecule has 1 nitrogen and oxygen atoms in total. The van der Waals surface area contributed by atoms with Gasteiger partial charge in [0.05, 0.1) is 5.02 Å². The van der Waals surface area contributed by atoms with Gasteiger partial charge in [-0.15, -0.1) is 0 Å². The zero-order chi connectivity index (χ0) is 15.6. The van der Waals surface area contributed by atoms with E-state index in [9.17, 15) is 4.39 Å². The minimum Gasteiger partial charge on any atom is -0.330 e. The number of rotatable bonds is 3. The third kappa shape index (κ3) is 4.20. The normalized spacial score (nSPS) is 26.9. The van der Waals surface area contributed by atoms with Crippen LogP contribution < -0.4 is 5.73 Å². The third-order valence-corrected chi connectivity index (χ3v) is 5.46. The average molecular weight is 312 g/mol. The lowest BCUT2D eigenvalue weighted by molar-refractivity contribution is 0.101. The monoisotopic (exact) mass is 311 g/mol. The summed E-state index contributed by atoms with van der Waals surface area (Å²) in [6, 6.07) is 5.18. The van der Waals surface area contributed by atoms with E-state index in [2.05, 4.69) is 20.8 Å². The van der Waals surface area contributed by atoms with Crippen LogP contribution in [-0.4, -0.2) is 6.54 Å². The molecule has 0 heterocycles. The van der Waals surface area contributed by atoms with E-state index in [-0.39, 0.29) is 10.8 Å². The maximum Gasteiger partial charge on any atom is 0.142 e. The first-order valence-electron chi connectivity index (χ1n) is 7.95. The highest BCUT2D eigenvalue weighted by atomic mass is 35.5. The summed E-state index contributed by atoms with van der Waals surface area (Å²) >= 11 is 5.77. The van der Waals surface area contributed by atoms with Crippen LogP contribution in [0, 0.1) is 29.0 Å². The van der Waals surface area contributed by atoms with Gasteiger partial charge in [0.1, 0.15) is 5.82 Å². The molecule has 1 fully saturated rings. The molecule has 2 N–H and O–H groups in total. The fraction of sp³-hybridized carbons (Fsp3) is 0.667. The second-order valence-electron chi connectivity index (χ2n) is 7.58. The maximum atomic E-state index is 13.6. The molecule has 0 bridgehead atoms. The molecule has 1 aromatic carbocycles. The fourth-order valence-electron chi connectivity index (χ4n) is 3.64. The predicted molar refractivity (Wildman–Crippen MR) is 87.9 cm³/mol. The van der Waals surface area contributed by atoms with Crippen molar-refractivity contribution in [1.29, 1.82) is 0 Å². The molecule has 3 unspecified atom stereocenters. The van der Waals surface area contributed by atoms with Crippen molar-refractivity contribution >= 4 is 11.6 Å². The highest BCUT2D eigenvalue weighted by Gasteiger charge is 2.35. The van der Waals surface area contributed by atoms with Crippen molar-refractivity contribution in [2.24, 2.45) is 28.9 Å². The minimum atomic E-state index is -0.318. The van der Waals surface area contributed by atoms with Gasteiger partial charge in [-0.05, 0) is 73.1 Å². The molecular formula is C18H27ClFN. The van der Waals surface area contributed by atoms with E-state index in [1.807, 2.05) is 6.07 Å². The van der Waals surface area contributed by atoms with Crippen LogP contribution in [0.2, 0.25) is 5.02 Å². The molecule has 1 aliphatic rings. The van der Waals surface area contributed by atoms with Gasteiger partial charge in [-0.25, -0.2) is 4.39 Å². The quantitative estimate of drug-likeness (QED) is 0.829. The van der Waals surface area contributed by atoms with Crippen molar-refractivity contribution in [2.75, 3.05) is 6.54 Å². The fourth-order valence-corrected chi connectivity index (χ4v) is 3.76. The number of hydrogen-bond donors (Lipinski definition) is 1. The standard InChI is InChI=1S/C18H27ClFN/c1-18(2,3)15-6-5-13(11-21)14(10-15)8-12-4-7-16(19)17(20)9-12/h4,7,9,13-15H,5-6,8,10-11,21H2,1-3H3. The molecule has 0 radical (unpaired) electrons. The molecule has 0 saturated heterocycles. The summed E-state index contributed by atoms with van der Waals surface area (Å²) in [6.45, 7) is 7.69. The molecule has 0 aromatic heterocycles. The Morgan fingerprint density at radius 2 is 1.95 bits per heavy atom. The van der Waals surface area contributed by atoms with E-state index in [0.29, 0.717) is 17.3 Å². The number of halogens is 2. The third-order valence-electron chi connectivity index (χ3n) is 5.15. The average Bonchev–Trinajstić information content (AvgIpc) is 2.42.